The third-order valence-electron chi connectivity index (χ3n) is 4.10. The average molecular weight is 242 g/mol. The van der Waals surface area contributed by atoms with Crippen molar-refractivity contribution in [3.63, 3.8) is 0 Å². The molecule has 2 unspecified atom stereocenters. The molecule has 1 heterocycles. The maximum atomic E-state index is 11.4. The minimum Gasteiger partial charge on any atom is -0.481 e. The molecule has 0 saturated carbocycles. The number of aliphatic carboxylic acids is 1. The molecule has 1 aliphatic heterocycles. The lowest BCUT2D eigenvalue weighted by Crippen LogP contribution is -2.37. The quantitative estimate of drug-likeness (QED) is 0.661. The van der Waals surface area contributed by atoms with Crippen LogP contribution < -0.4 is 0 Å². The molecule has 0 spiro atoms. The van der Waals surface area contributed by atoms with E-state index in [9.17, 15) is 9.90 Å². The Morgan fingerprint density at radius 1 is 1.29 bits per heavy atom. The molecule has 1 rings (SSSR count). The average Bonchev–Trinajstić information content (AvgIpc) is 2.66. The fourth-order valence-corrected chi connectivity index (χ4v) is 2.72. The van der Waals surface area contributed by atoms with Crippen LogP contribution in [0.3, 0.4) is 0 Å². The highest BCUT2D eigenvalue weighted by Crippen LogP contribution is 2.40. The monoisotopic (exact) mass is 242 g/mol. The molecule has 0 bridgehead atoms. The molecule has 100 valence electrons. The first-order valence-corrected chi connectivity index (χ1v) is 6.98. The number of carboxylic acids is 1. The van der Waals surface area contributed by atoms with Crippen molar-refractivity contribution in [2.75, 3.05) is 6.61 Å². The largest absolute Gasteiger partial charge is 0.481 e. The van der Waals surface area contributed by atoms with E-state index >= 15 is 0 Å². The normalized spacial score (nSPS) is 28.5. The molecule has 0 aromatic heterocycles. The van der Waals surface area contributed by atoms with Gasteiger partial charge in [0.15, 0.2) is 0 Å². The predicted octanol–water partition coefficient (Wildman–Crippen LogP) is 3.62. The van der Waals surface area contributed by atoms with Gasteiger partial charge in [0.2, 0.25) is 0 Å². The highest BCUT2D eigenvalue weighted by Gasteiger charge is 2.47. The van der Waals surface area contributed by atoms with Crippen molar-refractivity contribution in [2.24, 2.45) is 5.41 Å². The minimum atomic E-state index is -0.670. The van der Waals surface area contributed by atoms with E-state index in [4.69, 9.17) is 4.74 Å². The SMILES string of the molecule is CCCCCCCCC1(C(=O)O)CCOC1C. The van der Waals surface area contributed by atoms with Crippen molar-refractivity contribution < 1.29 is 14.6 Å². The Morgan fingerprint density at radius 2 is 1.94 bits per heavy atom. The van der Waals surface area contributed by atoms with Crippen LogP contribution in [0.5, 0.6) is 0 Å². The molecule has 1 N–H and O–H groups in total. The predicted molar refractivity (Wildman–Crippen MR) is 68.1 cm³/mol. The molecule has 0 amide bonds. The van der Waals surface area contributed by atoms with E-state index in [-0.39, 0.29) is 6.10 Å². The number of hydrogen-bond acceptors (Lipinski definition) is 2. The summed E-state index contributed by atoms with van der Waals surface area (Å²) in [7, 11) is 0. The first-order chi connectivity index (χ1) is 8.13. The second kappa shape index (κ2) is 7.00. The van der Waals surface area contributed by atoms with E-state index in [0.717, 1.165) is 19.3 Å². The van der Waals surface area contributed by atoms with E-state index < -0.39 is 11.4 Å². The van der Waals surface area contributed by atoms with Crippen LogP contribution in [-0.2, 0) is 9.53 Å². The number of unbranched alkanes of at least 4 members (excludes halogenated alkanes) is 5. The van der Waals surface area contributed by atoms with Crippen LogP contribution >= 0.6 is 0 Å². The van der Waals surface area contributed by atoms with Gasteiger partial charge in [0.05, 0.1) is 11.5 Å². The molecule has 17 heavy (non-hydrogen) atoms. The molecule has 0 aromatic rings. The van der Waals surface area contributed by atoms with Crippen LogP contribution in [-0.4, -0.2) is 23.8 Å². The summed E-state index contributed by atoms with van der Waals surface area (Å²) in [5.74, 6) is -0.670. The minimum absolute atomic E-state index is 0.129. The van der Waals surface area contributed by atoms with E-state index in [1.807, 2.05) is 6.92 Å². The van der Waals surface area contributed by atoms with Crippen LogP contribution in [0.1, 0.15) is 65.2 Å². The molecule has 3 nitrogen and oxygen atoms in total. The van der Waals surface area contributed by atoms with E-state index in [0.29, 0.717) is 13.0 Å². The topological polar surface area (TPSA) is 46.5 Å². The molecule has 3 heteroatoms. The number of carbonyl (C=O) groups is 1. The molecular formula is C14H26O3. The first-order valence-electron chi connectivity index (χ1n) is 6.98. The lowest BCUT2D eigenvalue weighted by molar-refractivity contribution is -0.152. The molecule has 1 aliphatic rings. The fourth-order valence-electron chi connectivity index (χ4n) is 2.72. The Hall–Kier alpha value is -0.570. The highest BCUT2D eigenvalue weighted by molar-refractivity contribution is 5.75. The van der Waals surface area contributed by atoms with E-state index in [2.05, 4.69) is 6.92 Å². The number of ether oxygens (including phenoxy) is 1. The van der Waals surface area contributed by atoms with Crippen molar-refractivity contribution in [3.05, 3.63) is 0 Å². The van der Waals surface area contributed by atoms with Crippen molar-refractivity contribution in [2.45, 2.75) is 71.3 Å². The second-order valence-electron chi connectivity index (χ2n) is 5.24. The summed E-state index contributed by atoms with van der Waals surface area (Å²) in [6, 6.07) is 0. The van der Waals surface area contributed by atoms with Gasteiger partial charge in [0, 0.05) is 6.61 Å². The van der Waals surface area contributed by atoms with Crippen molar-refractivity contribution >= 4 is 5.97 Å². The van der Waals surface area contributed by atoms with Crippen molar-refractivity contribution in [3.8, 4) is 0 Å². The first kappa shape index (κ1) is 14.5. The Balaban J connectivity index is 2.29. The summed E-state index contributed by atoms with van der Waals surface area (Å²) < 4.78 is 5.44. The van der Waals surface area contributed by atoms with Gasteiger partial charge in [0.25, 0.3) is 0 Å². The Labute approximate surface area is 105 Å². The lowest BCUT2D eigenvalue weighted by atomic mass is 9.77. The fraction of sp³-hybridized carbons (Fsp3) is 0.929. The van der Waals surface area contributed by atoms with Crippen molar-refractivity contribution in [1.82, 2.24) is 0 Å². The summed E-state index contributed by atoms with van der Waals surface area (Å²) in [5.41, 5.74) is -0.606. The van der Waals surface area contributed by atoms with E-state index in [1.54, 1.807) is 0 Å². The summed E-state index contributed by atoms with van der Waals surface area (Å²) in [6.07, 6.45) is 8.56. The van der Waals surface area contributed by atoms with Gasteiger partial charge >= 0.3 is 5.97 Å². The van der Waals surface area contributed by atoms with E-state index in [1.165, 1.54) is 25.7 Å². The molecule has 2 atom stereocenters. The van der Waals surface area contributed by atoms with Crippen LogP contribution in [0.25, 0.3) is 0 Å². The number of carboxylic acid groups (broad SMARTS) is 1. The Morgan fingerprint density at radius 3 is 2.47 bits per heavy atom. The van der Waals surface area contributed by atoms with Gasteiger partial charge in [-0.2, -0.15) is 0 Å². The van der Waals surface area contributed by atoms with Crippen LogP contribution in [0.2, 0.25) is 0 Å². The van der Waals surface area contributed by atoms with Crippen LogP contribution in [0.4, 0.5) is 0 Å². The summed E-state index contributed by atoms with van der Waals surface area (Å²) in [5, 5.41) is 9.39. The lowest BCUT2D eigenvalue weighted by Gasteiger charge is -2.27. The van der Waals surface area contributed by atoms with Crippen molar-refractivity contribution in [1.29, 1.82) is 0 Å². The molecule has 1 fully saturated rings. The van der Waals surface area contributed by atoms with Gasteiger partial charge in [0.1, 0.15) is 0 Å². The summed E-state index contributed by atoms with van der Waals surface area (Å²) in [6.45, 7) is 4.71. The van der Waals surface area contributed by atoms with Gasteiger partial charge in [-0.1, -0.05) is 45.4 Å². The van der Waals surface area contributed by atoms with Gasteiger partial charge in [-0.15, -0.1) is 0 Å². The van der Waals surface area contributed by atoms with Gasteiger partial charge < -0.3 is 9.84 Å². The van der Waals surface area contributed by atoms with Crippen LogP contribution in [0.15, 0.2) is 0 Å². The molecular weight excluding hydrogens is 216 g/mol. The molecule has 0 radical (unpaired) electrons. The number of hydrogen-bond donors (Lipinski definition) is 1. The van der Waals surface area contributed by atoms with Gasteiger partial charge in [-0.25, -0.2) is 0 Å². The second-order valence-corrected chi connectivity index (χ2v) is 5.24. The molecule has 0 aliphatic carbocycles. The Kier molecular flexibility index (Phi) is 5.96. The summed E-state index contributed by atoms with van der Waals surface area (Å²) >= 11 is 0. The number of rotatable bonds is 8. The maximum Gasteiger partial charge on any atom is 0.312 e. The zero-order valence-electron chi connectivity index (χ0n) is 11.2. The zero-order chi connectivity index (χ0) is 12.7. The zero-order valence-corrected chi connectivity index (χ0v) is 11.2. The third kappa shape index (κ3) is 3.70. The standard InChI is InChI=1S/C14H26O3/c1-3-4-5-6-7-8-9-14(13(15)16)10-11-17-12(14)2/h12H,3-11H2,1-2H3,(H,15,16). The Bertz CT molecular complexity index is 240. The maximum absolute atomic E-state index is 11.4. The molecule has 1 saturated heterocycles. The van der Waals surface area contributed by atoms with Gasteiger partial charge in [-0.3, -0.25) is 4.79 Å². The highest BCUT2D eigenvalue weighted by atomic mass is 16.5. The van der Waals surface area contributed by atoms with Crippen LogP contribution in [0, 0.1) is 5.41 Å². The molecule has 0 aromatic carbocycles. The third-order valence-corrected chi connectivity index (χ3v) is 4.10. The van der Waals surface area contributed by atoms with Gasteiger partial charge in [-0.05, 0) is 19.8 Å². The summed E-state index contributed by atoms with van der Waals surface area (Å²) in [4.78, 5) is 11.4. The smallest absolute Gasteiger partial charge is 0.312 e.